The Kier molecular flexibility index (Phi) is 4.78. The molecule has 1 aromatic heterocycles. The van der Waals surface area contributed by atoms with Crippen LogP contribution < -0.4 is 5.44 Å². The Bertz CT molecular complexity index is 369. The van der Waals surface area contributed by atoms with Crippen molar-refractivity contribution in [2.24, 2.45) is 0 Å². The lowest BCUT2D eigenvalue weighted by molar-refractivity contribution is 0.0700. The lowest BCUT2D eigenvalue weighted by Crippen LogP contribution is -2.13. The van der Waals surface area contributed by atoms with Gasteiger partial charge in [-0.3, -0.25) is 0 Å². The SMILES string of the molecule is Cc1ncnc(P)c1CSCC1CCC(C)O1. The zero-order chi connectivity index (χ0) is 12.3. The maximum Gasteiger partial charge on any atom is 0.116 e. The molecular weight excluding hydrogens is 251 g/mol. The van der Waals surface area contributed by atoms with Crippen molar-refractivity contribution in [3.05, 3.63) is 17.6 Å². The van der Waals surface area contributed by atoms with E-state index in [1.165, 1.54) is 18.4 Å². The Balaban J connectivity index is 1.82. The summed E-state index contributed by atoms with van der Waals surface area (Å²) in [5.74, 6) is 2.04. The molecule has 0 radical (unpaired) electrons. The van der Waals surface area contributed by atoms with Gasteiger partial charge >= 0.3 is 0 Å². The van der Waals surface area contributed by atoms with Gasteiger partial charge in [-0.15, -0.1) is 0 Å². The third-order valence-electron chi connectivity index (χ3n) is 3.06. The van der Waals surface area contributed by atoms with E-state index in [-0.39, 0.29) is 0 Å². The van der Waals surface area contributed by atoms with Crippen LogP contribution in [0.15, 0.2) is 6.33 Å². The molecule has 0 aliphatic carbocycles. The largest absolute Gasteiger partial charge is 0.374 e. The predicted molar refractivity (Wildman–Crippen MR) is 75.8 cm³/mol. The number of rotatable bonds is 4. The molecule has 0 N–H and O–H groups in total. The number of nitrogens with zero attached hydrogens (tertiary/aromatic N) is 2. The summed E-state index contributed by atoms with van der Waals surface area (Å²) in [5, 5.41) is 0. The summed E-state index contributed by atoms with van der Waals surface area (Å²) in [6.07, 6.45) is 4.90. The fourth-order valence-electron chi connectivity index (χ4n) is 2.00. The van der Waals surface area contributed by atoms with E-state index in [1.807, 2.05) is 18.7 Å². The van der Waals surface area contributed by atoms with Crippen LogP contribution in [0.4, 0.5) is 0 Å². The van der Waals surface area contributed by atoms with E-state index in [2.05, 4.69) is 26.1 Å². The fourth-order valence-corrected chi connectivity index (χ4v) is 3.71. The van der Waals surface area contributed by atoms with Gasteiger partial charge in [-0.05, 0) is 26.7 Å². The second kappa shape index (κ2) is 6.12. The zero-order valence-corrected chi connectivity index (χ0v) is 12.3. The molecule has 1 aliphatic rings. The monoisotopic (exact) mass is 270 g/mol. The molecule has 1 saturated heterocycles. The number of aromatic nitrogens is 2. The Morgan fingerprint density at radius 3 is 2.94 bits per heavy atom. The molecule has 17 heavy (non-hydrogen) atoms. The van der Waals surface area contributed by atoms with Crippen LogP contribution in [0.1, 0.15) is 31.0 Å². The van der Waals surface area contributed by atoms with Crippen molar-refractivity contribution in [3.8, 4) is 0 Å². The van der Waals surface area contributed by atoms with E-state index in [0.29, 0.717) is 12.2 Å². The van der Waals surface area contributed by atoms with Crippen molar-refractivity contribution in [1.29, 1.82) is 0 Å². The summed E-state index contributed by atoms with van der Waals surface area (Å²) < 4.78 is 5.80. The zero-order valence-electron chi connectivity index (χ0n) is 10.3. The number of hydrogen-bond donors (Lipinski definition) is 0. The van der Waals surface area contributed by atoms with Crippen LogP contribution in [-0.2, 0) is 10.5 Å². The third-order valence-corrected chi connectivity index (χ3v) is 4.66. The van der Waals surface area contributed by atoms with Crippen LogP contribution in [0.25, 0.3) is 0 Å². The van der Waals surface area contributed by atoms with Crippen LogP contribution in [0, 0.1) is 6.92 Å². The van der Waals surface area contributed by atoms with Gasteiger partial charge in [0.2, 0.25) is 0 Å². The van der Waals surface area contributed by atoms with E-state index in [0.717, 1.165) is 22.6 Å². The van der Waals surface area contributed by atoms with Crippen LogP contribution in [0.5, 0.6) is 0 Å². The molecule has 3 nitrogen and oxygen atoms in total. The number of hydrogen-bond acceptors (Lipinski definition) is 4. The van der Waals surface area contributed by atoms with Crippen molar-refractivity contribution in [2.75, 3.05) is 5.75 Å². The molecule has 5 heteroatoms. The number of thioether (sulfide) groups is 1. The summed E-state index contributed by atoms with van der Waals surface area (Å²) in [5.41, 5.74) is 3.34. The highest BCUT2D eigenvalue weighted by atomic mass is 32.2. The lowest BCUT2D eigenvalue weighted by atomic mass is 10.2. The molecule has 0 saturated carbocycles. The van der Waals surface area contributed by atoms with Gasteiger partial charge in [0.1, 0.15) is 6.33 Å². The maximum atomic E-state index is 5.80. The van der Waals surface area contributed by atoms with Crippen LogP contribution in [-0.4, -0.2) is 27.9 Å². The molecule has 94 valence electrons. The quantitative estimate of drug-likeness (QED) is 0.785. The first-order valence-electron chi connectivity index (χ1n) is 5.96. The van der Waals surface area contributed by atoms with Gasteiger partial charge in [-0.2, -0.15) is 11.8 Å². The van der Waals surface area contributed by atoms with E-state index in [4.69, 9.17) is 4.74 Å². The highest BCUT2D eigenvalue weighted by Gasteiger charge is 2.21. The van der Waals surface area contributed by atoms with Crippen molar-refractivity contribution in [1.82, 2.24) is 9.97 Å². The van der Waals surface area contributed by atoms with Crippen molar-refractivity contribution >= 4 is 26.4 Å². The summed E-state index contributed by atoms with van der Waals surface area (Å²) in [6.45, 7) is 4.19. The van der Waals surface area contributed by atoms with E-state index in [9.17, 15) is 0 Å². The molecular formula is C12H19N2OPS. The molecule has 3 unspecified atom stereocenters. The average molecular weight is 270 g/mol. The second-order valence-corrected chi connectivity index (χ2v) is 6.06. The van der Waals surface area contributed by atoms with Gasteiger partial charge in [0.25, 0.3) is 0 Å². The minimum absolute atomic E-state index is 0.438. The third kappa shape index (κ3) is 3.64. The predicted octanol–water partition coefficient (Wildman–Crippen LogP) is 2.09. The smallest absolute Gasteiger partial charge is 0.116 e. The van der Waals surface area contributed by atoms with E-state index < -0.39 is 0 Å². The molecule has 0 bridgehead atoms. The van der Waals surface area contributed by atoms with Gasteiger partial charge in [0.15, 0.2) is 0 Å². The van der Waals surface area contributed by atoms with Gasteiger partial charge < -0.3 is 4.74 Å². The van der Waals surface area contributed by atoms with Gasteiger partial charge in [0.05, 0.1) is 17.6 Å². The van der Waals surface area contributed by atoms with Crippen LogP contribution in [0.2, 0.25) is 0 Å². The van der Waals surface area contributed by atoms with Crippen LogP contribution >= 0.6 is 21.0 Å². The van der Waals surface area contributed by atoms with Crippen molar-refractivity contribution in [3.63, 3.8) is 0 Å². The summed E-state index contributed by atoms with van der Waals surface area (Å²) >= 11 is 1.92. The molecule has 1 fully saturated rings. The normalized spacial score (nSPS) is 24.2. The first kappa shape index (κ1) is 13.3. The van der Waals surface area contributed by atoms with Gasteiger partial charge in [-0.1, -0.05) is 9.24 Å². The lowest BCUT2D eigenvalue weighted by Gasteiger charge is -2.11. The molecule has 0 aromatic carbocycles. The topological polar surface area (TPSA) is 35.0 Å². The number of aryl methyl sites for hydroxylation is 1. The average Bonchev–Trinajstić information content (AvgIpc) is 2.69. The second-order valence-electron chi connectivity index (χ2n) is 4.48. The molecule has 0 amide bonds. The number of ether oxygens (including phenoxy) is 1. The Morgan fingerprint density at radius 2 is 2.29 bits per heavy atom. The highest BCUT2D eigenvalue weighted by Crippen LogP contribution is 2.24. The minimum Gasteiger partial charge on any atom is -0.374 e. The van der Waals surface area contributed by atoms with Crippen molar-refractivity contribution in [2.45, 2.75) is 44.6 Å². The van der Waals surface area contributed by atoms with Crippen molar-refractivity contribution < 1.29 is 4.74 Å². The van der Waals surface area contributed by atoms with Gasteiger partial charge in [0, 0.05) is 22.8 Å². The fraction of sp³-hybridized carbons (Fsp3) is 0.667. The summed E-state index contributed by atoms with van der Waals surface area (Å²) in [7, 11) is 2.69. The molecule has 2 heterocycles. The van der Waals surface area contributed by atoms with E-state index >= 15 is 0 Å². The first-order chi connectivity index (χ1) is 8.16. The first-order valence-corrected chi connectivity index (χ1v) is 7.69. The molecule has 1 aliphatic heterocycles. The van der Waals surface area contributed by atoms with Gasteiger partial charge in [-0.25, -0.2) is 9.97 Å². The van der Waals surface area contributed by atoms with E-state index in [1.54, 1.807) is 6.33 Å². The Hall–Kier alpha value is -0.180. The molecule has 3 atom stereocenters. The molecule has 2 rings (SSSR count). The Morgan fingerprint density at radius 1 is 1.47 bits per heavy atom. The van der Waals surface area contributed by atoms with Crippen LogP contribution in [0.3, 0.4) is 0 Å². The minimum atomic E-state index is 0.438. The maximum absolute atomic E-state index is 5.80. The Labute approximate surface area is 109 Å². The standard InChI is InChI=1S/C12H19N2OPS/c1-8-3-4-10(15-8)5-17-6-11-9(2)13-7-14-12(11)16/h7-8,10H,3-6,16H2,1-2H3. The molecule has 1 aromatic rings. The molecule has 0 spiro atoms. The highest BCUT2D eigenvalue weighted by molar-refractivity contribution is 7.98. The summed E-state index contributed by atoms with van der Waals surface area (Å²) in [4.78, 5) is 8.44. The summed E-state index contributed by atoms with van der Waals surface area (Å²) in [6, 6.07) is 0.